The Bertz CT molecular complexity index is 1400. The molecule has 5 rings (SSSR count). The number of benzene rings is 2. The van der Waals surface area contributed by atoms with Crippen molar-refractivity contribution in [2.75, 3.05) is 36.0 Å². The predicted molar refractivity (Wildman–Crippen MR) is 132 cm³/mol. The van der Waals surface area contributed by atoms with E-state index in [0.717, 1.165) is 33.2 Å². The van der Waals surface area contributed by atoms with Crippen LogP contribution in [0.5, 0.6) is 0 Å². The van der Waals surface area contributed by atoms with Crippen LogP contribution in [0.1, 0.15) is 5.56 Å². The number of aromatic nitrogens is 2. The van der Waals surface area contributed by atoms with Gasteiger partial charge in [-0.25, -0.2) is 23.5 Å². The fourth-order valence-corrected chi connectivity index (χ4v) is 4.85. The van der Waals surface area contributed by atoms with E-state index in [0.29, 0.717) is 31.9 Å². The molecule has 1 aliphatic heterocycles. The van der Waals surface area contributed by atoms with Crippen LogP contribution in [-0.4, -0.2) is 53.4 Å². The highest BCUT2D eigenvalue weighted by Crippen LogP contribution is 2.38. The van der Waals surface area contributed by atoms with Crippen LogP contribution in [0.25, 0.3) is 21.3 Å². The number of nitrogens with zero attached hydrogens (tertiary/aromatic N) is 4. The molecule has 0 bridgehead atoms. The van der Waals surface area contributed by atoms with Gasteiger partial charge in [0.1, 0.15) is 28.6 Å². The maximum atomic E-state index is 14.2. The minimum absolute atomic E-state index is 0.444. The van der Waals surface area contributed by atoms with Crippen LogP contribution in [0, 0.1) is 18.6 Å². The Hall–Kier alpha value is -3.80. The number of hydrogen-bond acceptors (Lipinski definition) is 6. The predicted octanol–water partition coefficient (Wildman–Crippen LogP) is 5.90. The van der Waals surface area contributed by atoms with E-state index in [9.17, 15) is 22.0 Å². The van der Waals surface area contributed by atoms with E-state index < -0.39 is 23.8 Å². The van der Waals surface area contributed by atoms with Crippen LogP contribution < -0.4 is 9.80 Å². The minimum atomic E-state index is -5.08. The average molecular weight is 537 g/mol. The Kier molecular flexibility index (Phi) is 7.58. The molecule has 0 saturated carbocycles. The lowest BCUT2D eigenvalue weighted by atomic mass is 10.0. The molecular weight excluding hydrogens is 515 g/mol. The lowest BCUT2D eigenvalue weighted by Gasteiger charge is -2.37. The molecule has 2 aromatic heterocycles. The second-order valence-corrected chi connectivity index (χ2v) is 9.12. The van der Waals surface area contributed by atoms with Crippen molar-refractivity contribution in [3.63, 3.8) is 0 Å². The second-order valence-electron chi connectivity index (χ2n) is 8.27. The molecule has 0 spiro atoms. The zero-order valence-electron chi connectivity index (χ0n) is 19.5. The maximum Gasteiger partial charge on any atom is 0.490 e. The molecule has 0 aliphatic carbocycles. The van der Waals surface area contributed by atoms with E-state index >= 15 is 0 Å². The number of carboxylic acids is 1. The largest absolute Gasteiger partial charge is 0.490 e. The van der Waals surface area contributed by atoms with E-state index in [2.05, 4.69) is 51.4 Å². The first kappa shape index (κ1) is 26.3. The summed E-state index contributed by atoms with van der Waals surface area (Å²) < 4.78 is 59.1. The standard InChI is InChI=1S/C23H20F2N4S.C2HF3O2/c1-15-2-4-16(5-3-15)18-13-30-23-21(18)22(26-14-27-23)29-10-8-28(9-11-29)20-7-6-17(24)12-19(20)25;3-2(4,5)1(6)7/h2-7,12-14H,8-11H2,1H3;(H,6,7). The third-order valence-corrected chi connectivity index (χ3v) is 6.67. The third kappa shape index (κ3) is 5.96. The average Bonchev–Trinajstić information content (AvgIpc) is 3.29. The molecule has 12 heteroatoms. The quantitative estimate of drug-likeness (QED) is 0.329. The van der Waals surface area contributed by atoms with Crippen LogP contribution in [-0.2, 0) is 4.79 Å². The molecule has 0 unspecified atom stereocenters. The first-order valence-electron chi connectivity index (χ1n) is 11.1. The van der Waals surface area contributed by atoms with Crippen LogP contribution in [0.3, 0.4) is 0 Å². The van der Waals surface area contributed by atoms with Gasteiger partial charge >= 0.3 is 12.1 Å². The molecule has 37 heavy (non-hydrogen) atoms. The van der Waals surface area contributed by atoms with Gasteiger partial charge in [-0.2, -0.15) is 13.2 Å². The summed E-state index contributed by atoms with van der Waals surface area (Å²) in [6, 6.07) is 12.2. The highest BCUT2D eigenvalue weighted by molar-refractivity contribution is 7.17. The normalized spacial score (nSPS) is 13.9. The van der Waals surface area contributed by atoms with Crippen molar-refractivity contribution in [3.05, 3.63) is 71.4 Å². The van der Waals surface area contributed by atoms with Gasteiger partial charge in [-0.05, 0) is 24.6 Å². The number of rotatable bonds is 3. The van der Waals surface area contributed by atoms with Gasteiger partial charge in [0.25, 0.3) is 0 Å². The Morgan fingerprint density at radius 1 is 0.973 bits per heavy atom. The summed E-state index contributed by atoms with van der Waals surface area (Å²) in [7, 11) is 0. The van der Waals surface area contributed by atoms with Crippen molar-refractivity contribution in [2.45, 2.75) is 13.1 Å². The molecule has 1 N–H and O–H groups in total. The van der Waals surface area contributed by atoms with Crippen molar-refractivity contribution >= 4 is 39.0 Å². The molecule has 1 fully saturated rings. The molecule has 6 nitrogen and oxygen atoms in total. The van der Waals surface area contributed by atoms with Gasteiger partial charge in [0.15, 0.2) is 0 Å². The van der Waals surface area contributed by atoms with Crippen molar-refractivity contribution in [2.24, 2.45) is 0 Å². The fourth-order valence-electron chi connectivity index (χ4n) is 3.94. The molecule has 0 atom stereocenters. The van der Waals surface area contributed by atoms with Gasteiger partial charge < -0.3 is 14.9 Å². The van der Waals surface area contributed by atoms with Crippen molar-refractivity contribution in [1.29, 1.82) is 0 Å². The molecule has 194 valence electrons. The number of hydrogen-bond donors (Lipinski definition) is 1. The second kappa shape index (κ2) is 10.7. The number of piperazine rings is 1. The van der Waals surface area contributed by atoms with Gasteiger partial charge in [0.05, 0.1) is 11.1 Å². The zero-order valence-corrected chi connectivity index (χ0v) is 20.3. The number of aliphatic carboxylic acids is 1. The summed E-state index contributed by atoms with van der Waals surface area (Å²) in [5.41, 5.74) is 3.95. The first-order chi connectivity index (χ1) is 17.5. The number of aryl methyl sites for hydroxylation is 1. The summed E-state index contributed by atoms with van der Waals surface area (Å²) in [5, 5.41) is 10.3. The number of carbonyl (C=O) groups is 1. The van der Waals surface area contributed by atoms with Crippen LogP contribution >= 0.6 is 11.3 Å². The molecule has 0 radical (unpaired) electrons. The van der Waals surface area contributed by atoms with E-state index in [1.807, 2.05) is 4.90 Å². The summed E-state index contributed by atoms with van der Waals surface area (Å²) >= 11 is 1.62. The lowest BCUT2D eigenvalue weighted by Crippen LogP contribution is -2.47. The number of carboxylic acid groups (broad SMARTS) is 1. The van der Waals surface area contributed by atoms with Gasteiger partial charge in [-0.1, -0.05) is 29.8 Å². The molecule has 1 aliphatic rings. The highest BCUT2D eigenvalue weighted by Gasteiger charge is 2.38. The van der Waals surface area contributed by atoms with E-state index in [4.69, 9.17) is 9.90 Å². The van der Waals surface area contributed by atoms with E-state index in [1.165, 1.54) is 17.7 Å². The molecule has 2 aromatic carbocycles. The molecule has 3 heterocycles. The maximum absolute atomic E-state index is 14.2. The van der Waals surface area contributed by atoms with E-state index in [1.54, 1.807) is 17.7 Å². The Morgan fingerprint density at radius 3 is 2.19 bits per heavy atom. The van der Waals surface area contributed by atoms with Crippen molar-refractivity contribution < 1.29 is 31.9 Å². The Morgan fingerprint density at radius 2 is 1.59 bits per heavy atom. The molecular formula is C25H21F5N4O2S. The van der Waals surface area contributed by atoms with Crippen molar-refractivity contribution in [1.82, 2.24) is 9.97 Å². The van der Waals surface area contributed by atoms with Crippen LogP contribution in [0.4, 0.5) is 33.5 Å². The van der Waals surface area contributed by atoms with E-state index in [-0.39, 0.29) is 0 Å². The highest BCUT2D eigenvalue weighted by atomic mass is 32.1. The van der Waals surface area contributed by atoms with Gasteiger partial charge in [-0.15, -0.1) is 11.3 Å². The Balaban J connectivity index is 0.000000405. The number of halogens is 5. The summed E-state index contributed by atoms with van der Waals surface area (Å²) in [5.74, 6) is -2.92. The van der Waals surface area contributed by atoms with Crippen LogP contribution in [0.15, 0.2) is 54.2 Å². The Labute approximate surface area is 212 Å². The number of alkyl halides is 3. The minimum Gasteiger partial charge on any atom is -0.475 e. The van der Waals surface area contributed by atoms with Gasteiger partial charge in [0.2, 0.25) is 0 Å². The lowest BCUT2D eigenvalue weighted by molar-refractivity contribution is -0.192. The number of thiophene rings is 1. The smallest absolute Gasteiger partial charge is 0.475 e. The van der Waals surface area contributed by atoms with Crippen LogP contribution in [0.2, 0.25) is 0 Å². The monoisotopic (exact) mass is 536 g/mol. The molecule has 1 saturated heterocycles. The fraction of sp³-hybridized carbons (Fsp3) is 0.240. The first-order valence-corrected chi connectivity index (χ1v) is 12.0. The molecule has 4 aromatic rings. The zero-order chi connectivity index (χ0) is 26.7. The SMILES string of the molecule is Cc1ccc(-c2csc3ncnc(N4CCN(c5ccc(F)cc5F)CC4)c23)cc1.O=C(O)C(F)(F)F. The third-order valence-electron chi connectivity index (χ3n) is 5.78. The van der Waals surface area contributed by atoms with Gasteiger partial charge in [-0.3, -0.25) is 0 Å². The summed E-state index contributed by atoms with van der Waals surface area (Å²) in [4.78, 5) is 23.1. The molecule has 0 amide bonds. The number of fused-ring (bicyclic) bond motifs is 1. The number of anilines is 2. The summed E-state index contributed by atoms with van der Waals surface area (Å²) in [6.45, 7) is 4.75. The van der Waals surface area contributed by atoms with Crippen molar-refractivity contribution in [3.8, 4) is 11.1 Å². The topological polar surface area (TPSA) is 69.6 Å². The summed E-state index contributed by atoms with van der Waals surface area (Å²) in [6.07, 6.45) is -3.47. The van der Waals surface area contributed by atoms with Gasteiger partial charge in [0, 0.05) is 43.2 Å².